The molecule has 17 heavy (non-hydrogen) atoms. The zero-order chi connectivity index (χ0) is 12.5. The lowest BCUT2D eigenvalue weighted by molar-refractivity contribution is 0.0610. The van der Waals surface area contributed by atoms with Gasteiger partial charge in [0, 0.05) is 17.5 Å². The van der Waals surface area contributed by atoms with Crippen molar-refractivity contribution in [2.24, 2.45) is 5.73 Å². The Balaban J connectivity index is 2.20. The van der Waals surface area contributed by atoms with E-state index in [1.807, 2.05) is 17.7 Å². The number of hydrogen-bond donors (Lipinski definition) is 2. The van der Waals surface area contributed by atoms with Crippen LogP contribution >= 0.6 is 11.3 Å². The fraction of sp³-hybridized carbons (Fsp3) is 0.455. The summed E-state index contributed by atoms with van der Waals surface area (Å²) >= 11 is 1.60. The Labute approximate surface area is 103 Å². The van der Waals surface area contributed by atoms with Crippen LogP contribution in [0.5, 0.6) is 0 Å². The predicted molar refractivity (Wildman–Crippen MR) is 65.7 cm³/mol. The molecule has 0 saturated heterocycles. The second-order valence-corrected chi connectivity index (χ2v) is 5.10. The molecule has 3 N–H and O–H groups in total. The second kappa shape index (κ2) is 4.56. The third-order valence-electron chi connectivity index (χ3n) is 2.54. The van der Waals surface area contributed by atoms with Gasteiger partial charge in [0.2, 0.25) is 11.7 Å². The average molecular weight is 253 g/mol. The minimum Gasteiger partial charge on any atom is -0.388 e. The number of hydrogen-bond acceptors (Lipinski definition) is 6. The van der Waals surface area contributed by atoms with Crippen molar-refractivity contribution in [1.29, 1.82) is 0 Å². The zero-order valence-corrected chi connectivity index (χ0v) is 10.6. The van der Waals surface area contributed by atoms with E-state index in [1.54, 1.807) is 18.3 Å². The maximum absolute atomic E-state index is 9.82. The molecule has 0 fully saturated rings. The molecule has 2 rings (SSSR count). The van der Waals surface area contributed by atoms with E-state index in [9.17, 15) is 5.11 Å². The van der Waals surface area contributed by atoms with Crippen LogP contribution in [0.3, 0.4) is 0 Å². The molecular weight excluding hydrogens is 238 g/mol. The lowest BCUT2D eigenvalue weighted by Crippen LogP contribution is -2.36. The van der Waals surface area contributed by atoms with E-state index >= 15 is 0 Å². The molecule has 0 amide bonds. The van der Waals surface area contributed by atoms with Crippen LogP contribution in [0.2, 0.25) is 0 Å². The summed E-state index contributed by atoms with van der Waals surface area (Å²) in [7, 11) is 0. The minimum atomic E-state index is -1.01. The molecule has 92 valence electrons. The van der Waals surface area contributed by atoms with Gasteiger partial charge in [-0.25, -0.2) is 0 Å². The van der Waals surface area contributed by atoms with Crippen molar-refractivity contribution in [2.75, 3.05) is 6.54 Å². The SMILES string of the molecule is Cc1cscc1-c1noc(CC(C)(O)CN)n1. The normalized spacial score (nSPS) is 14.8. The summed E-state index contributed by atoms with van der Waals surface area (Å²) in [6.45, 7) is 3.80. The number of rotatable bonds is 4. The first-order valence-corrected chi connectivity index (χ1v) is 6.24. The van der Waals surface area contributed by atoms with Gasteiger partial charge in [0.15, 0.2) is 0 Å². The van der Waals surface area contributed by atoms with Crippen LogP contribution in [-0.4, -0.2) is 27.4 Å². The summed E-state index contributed by atoms with van der Waals surface area (Å²) in [4.78, 5) is 4.26. The molecule has 0 bridgehead atoms. The molecule has 1 atom stereocenters. The summed E-state index contributed by atoms with van der Waals surface area (Å²) in [5.41, 5.74) is 6.52. The van der Waals surface area contributed by atoms with Crippen molar-refractivity contribution in [2.45, 2.75) is 25.9 Å². The first kappa shape index (κ1) is 12.2. The fourth-order valence-electron chi connectivity index (χ4n) is 1.42. The van der Waals surface area contributed by atoms with Gasteiger partial charge in [-0.05, 0) is 24.8 Å². The monoisotopic (exact) mass is 253 g/mol. The maximum atomic E-state index is 9.82. The molecule has 0 aromatic carbocycles. The smallest absolute Gasteiger partial charge is 0.229 e. The third-order valence-corrected chi connectivity index (χ3v) is 3.40. The summed E-state index contributed by atoms with van der Waals surface area (Å²) in [6, 6.07) is 0. The molecule has 0 radical (unpaired) electrons. The number of aliphatic hydroxyl groups is 1. The van der Waals surface area contributed by atoms with Crippen LogP contribution < -0.4 is 5.73 Å². The third kappa shape index (κ3) is 2.71. The minimum absolute atomic E-state index is 0.155. The zero-order valence-electron chi connectivity index (χ0n) is 9.80. The molecular formula is C11H15N3O2S. The van der Waals surface area contributed by atoms with Gasteiger partial charge in [-0.15, -0.1) is 0 Å². The molecule has 2 heterocycles. The lowest BCUT2D eigenvalue weighted by Gasteiger charge is -2.17. The highest BCUT2D eigenvalue weighted by Crippen LogP contribution is 2.24. The van der Waals surface area contributed by atoms with Crippen molar-refractivity contribution in [1.82, 2.24) is 10.1 Å². The second-order valence-electron chi connectivity index (χ2n) is 4.36. The van der Waals surface area contributed by atoms with Gasteiger partial charge in [0.1, 0.15) is 0 Å². The fourth-order valence-corrected chi connectivity index (χ4v) is 2.25. The van der Waals surface area contributed by atoms with E-state index in [4.69, 9.17) is 10.3 Å². The Morgan fingerprint density at radius 1 is 1.53 bits per heavy atom. The van der Waals surface area contributed by atoms with Gasteiger partial charge in [-0.2, -0.15) is 16.3 Å². The van der Waals surface area contributed by atoms with Crippen molar-refractivity contribution in [3.05, 3.63) is 22.2 Å². The molecule has 6 heteroatoms. The van der Waals surface area contributed by atoms with Crippen LogP contribution in [0, 0.1) is 6.92 Å². The van der Waals surface area contributed by atoms with Crippen LogP contribution in [0.4, 0.5) is 0 Å². The topological polar surface area (TPSA) is 85.2 Å². The summed E-state index contributed by atoms with van der Waals surface area (Å²) < 4.78 is 5.11. The largest absolute Gasteiger partial charge is 0.388 e. The van der Waals surface area contributed by atoms with Gasteiger partial charge in [0.05, 0.1) is 12.0 Å². The first-order valence-electron chi connectivity index (χ1n) is 5.30. The van der Waals surface area contributed by atoms with Crippen molar-refractivity contribution in [3.8, 4) is 11.4 Å². The van der Waals surface area contributed by atoms with E-state index in [-0.39, 0.29) is 13.0 Å². The summed E-state index contributed by atoms with van der Waals surface area (Å²) in [5.74, 6) is 0.965. The molecule has 2 aromatic rings. The molecule has 0 saturated carbocycles. The van der Waals surface area contributed by atoms with Crippen molar-refractivity contribution >= 4 is 11.3 Å². The van der Waals surface area contributed by atoms with Gasteiger partial charge in [-0.3, -0.25) is 0 Å². The number of aromatic nitrogens is 2. The van der Waals surface area contributed by atoms with E-state index in [0.29, 0.717) is 11.7 Å². The summed E-state index contributed by atoms with van der Waals surface area (Å²) in [5, 5.41) is 17.7. The highest BCUT2D eigenvalue weighted by Gasteiger charge is 2.23. The summed E-state index contributed by atoms with van der Waals surface area (Å²) in [6.07, 6.45) is 0.264. The average Bonchev–Trinajstić information content (AvgIpc) is 2.86. The van der Waals surface area contributed by atoms with Gasteiger partial charge in [0.25, 0.3) is 0 Å². The number of nitrogens with zero attached hydrogens (tertiary/aromatic N) is 2. The predicted octanol–water partition coefficient (Wildman–Crippen LogP) is 1.36. The molecule has 0 aliphatic heterocycles. The molecule has 5 nitrogen and oxygen atoms in total. The molecule has 1 unspecified atom stereocenters. The van der Waals surface area contributed by atoms with E-state index in [1.165, 1.54) is 0 Å². The first-order chi connectivity index (χ1) is 8.02. The molecule has 0 spiro atoms. The van der Waals surface area contributed by atoms with Crippen molar-refractivity contribution < 1.29 is 9.63 Å². The Morgan fingerprint density at radius 3 is 2.88 bits per heavy atom. The highest BCUT2D eigenvalue weighted by atomic mass is 32.1. The van der Waals surface area contributed by atoms with Crippen molar-refractivity contribution in [3.63, 3.8) is 0 Å². The Hall–Kier alpha value is -1.24. The molecule has 0 aliphatic rings. The van der Waals surface area contributed by atoms with Crippen LogP contribution in [0.25, 0.3) is 11.4 Å². The van der Waals surface area contributed by atoms with E-state index in [0.717, 1.165) is 11.1 Å². The lowest BCUT2D eigenvalue weighted by atomic mass is 10.0. The molecule has 0 aliphatic carbocycles. The van der Waals surface area contributed by atoms with Crippen LogP contribution in [0.15, 0.2) is 15.3 Å². The van der Waals surface area contributed by atoms with E-state index < -0.39 is 5.60 Å². The highest BCUT2D eigenvalue weighted by molar-refractivity contribution is 7.08. The number of thiophene rings is 1. The quantitative estimate of drug-likeness (QED) is 0.859. The van der Waals surface area contributed by atoms with Gasteiger partial charge >= 0.3 is 0 Å². The van der Waals surface area contributed by atoms with Gasteiger partial charge in [-0.1, -0.05) is 5.16 Å². The molecule has 2 aromatic heterocycles. The van der Waals surface area contributed by atoms with Crippen LogP contribution in [0.1, 0.15) is 18.4 Å². The maximum Gasteiger partial charge on any atom is 0.229 e. The Kier molecular flexibility index (Phi) is 3.28. The standard InChI is InChI=1S/C11H15N3O2S/c1-7-4-17-5-8(7)10-13-9(16-14-10)3-11(2,15)6-12/h4-5,15H,3,6,12H2,1-2H3. The van der Waals surface area contributed by atoms with Gasteiger partial charge < -0.3 is 15.4 Å². The Morgan fingerprint density at radius 2 is 2.29 bits per heavy atom. The van der Waals surface area contributed by atoms with Crippen LogP contribution in [-0.2, 0) is 6.42 Å². The Bertz CT molecular complexity index is 504. The van der Waals surface area contributed by atoms with E-state index in [2.05, 4.69) is 10.1 Å². The number of aryl methyl sites for hydroxylation is 1. The number of nitrogens with two attached hydrogens (primary N) is 1.